The molecular formula is C21H27N3O2S2. The lowest BCUT2D eigenvalue weighted by molar-refractivity contribution is 0.0526. The second-order valence-electron chi connectivity index (χ2n) is 7.18. The first kappa shape index (κ1) is 20.6. The van der Waals surface area contributed by atoms with Crippen molar-refractivity contribution in [2.45, 2.75) is 39.0 Å². The number of esters is 1. The lowest BCUT2D eigenvalue weighted by atomic mass is 9.86. The fraction of sp³-hybridized carbons (Fsp3) is 0.429. The second-order valence-corrected chi connectivity index (χ2v) is 8.69. The second kappa shape index (κ2) is 8.92. The zero-order valence-corrected chi connectivity index (χ0v) is 18.4. The lowest BCUT2D eigenvalue weighted by Gasteiger charge is -2.19. The van der Waals surface area contributed by atoms with E-state index in [2.05, 4.69) is 17.6 Å². The van der Waals surface area contributed by atoms with Crippen molar-refractivity contribution in [1.29, 1.82) is 0 Å². The Hall–Kier alpha value is -2.12. The van der Waals surface area contributed by atoms with Gasteiger partial charge in [-0.3, -0.25) is 0 Å². The summed E-state index contributed by atoms with van der Waals surface area (Å²) < 4.78 is 5.34. The fourth-order valence-electron chi connectivity index (χ4n) is 3.51. The number of fused-ring (bicyclic) bond motifs is 1. The molecule has 2 N–H and O–H groups in total. The molecule has 5 nitrogen and oxygen atoms in total. The fourth-order valence-corrected chi connectivity index (χ4v) is 5.15. The molecule has 28 heavy (non-hydrogen) atoms. The average Bonchev–Trinajstić information content (AvgIpc) is 3.01. The molecule has 0 aliphatic heterocycles. The number of rotatable bonds is 5. The van der Waals surface area contributed by atoms with Gasteiger partial charge >= 0.3 is 5.97 Å². The Labute approximate surface area is 176 Å². The first-order chi connectivity index (χ1) is 13.4. The predicted octanol–water partition coefficient (Wildman–Crippen LogP) is 5.24. The van der Waals surface area contributed by atoms with Crippen molar-refractivity contribution in [2.24, 2.45) is 0 Å². The van der Waals surface area contributed by atoms with Gasteiger partial charge in [-0.25, -0.2) is 4.79 Å². The van der Waals surface area contributed by atoms with Crippen LogP contribution in [0.3, 0.4) is 0 Å². The van der Waals surface area contributed by atoms with Gasteiger partial charge in [-0.05, 0) is 74.2 Å². The Balaban J connectivity index is 1.81. The number of thiocarbonyl (C=S) groups is 1. The van der Waals surface area contributed by atoms with Crippen LogP contribution in [-0.2, 0) is 11.2 Å². The van der Waals surface area contributed by atoms with Crippen LogP contribution >= 0.6 is 23.6 Å². The van der Waals surface area contributed by atoms with Crippen molar-refractivity contribution < 1.29 is 9.53 Å². The van der Waals surface area contributed by atoms with E-state index in [4.69, 9.17) is 17.0 Å². The zero-order chi connectivity index (χ0) is 20.3. The number of carbonyl (C=O) groups is 1. The lowest BCUT2D eigenvalue weighted by Crippen LogP contribution is -2.21. The maximum Gasteiger partial charge on any atom is 0.341 e. The summed E-state index contributed by atoms with van der Waals surface area (Å²) in [7, 11) is 4.01. The molecule has 0 bridgehead atoms. The monoisotopic (exact) mass is 417 g/mol. The molecule has 7 heteroatoms. The van der Waals surface area contributed by atoms with Gasteiger partial charge in [0.25, 0.3) is 0 Å². The number of nitrogens with one attached hydrogen (secondary N) is 2. The van der Waals surface area contributed by atoms with E-state index in [0.717, 1.165) is 41.2 Å². The van der Waals surface area contributed by atoms with Gasteiger partial charge < -0.3 is 20.3 Å². The maximum absolute atomic E-state index is 12.7. The van der Waals surface area contributed by atoms with Crippen LogP contribution in [0.25, 0.3) is 0 Å². The number of hydrogen-bond donors (Lipinski definition) is 2. The highest BCUT2D eigenvalue weighted by Gasteiger charge is 2.30. The van der Waals surface area contributed by atoms with Crippen LogP contribution in [0.4, 0.5) is 16.4 Å². The summed E-state index contributed by atoms with van der Waals surface area (Å²) in [5.74, 6) is 0.0875. The third-order valence-electron chi connectivity index (χ3n) is 4.90. The number of nitrogens with zero attached hydrogens (tertiary/aromatic N) is 1. The van der Waals surface area contributed by atoms with Gasteiger partial charge in [-0.2, -0.15) is 0 Å². The summed E-state index contributed by atoms with van der Waals surface area (Å²) in [5.41, 5.74) is 3.81. The minimum absolute atomic E-state index is 0.269. The minimum atomic E-state index is -0.269. The van der Waals surface area contributed by atoms with E-state index < -0.39 is 0 Å². The van der Waals surface area contributed by atoms with E-state index >= 15 is 0 Å². The Bertz CT molecular complexity index is 859. The molecule has 0 amide bonds. The van der Waals surface area contributed by atoms with Crippen LogP contribution < -0.4 is 15.5 Å². The number of ether oxygens (including phenoxy) is 1. The van der Waals surface area contributed by atoms with E-state index in [1.54, 1.807) is 11.3 Å². The third-order valence-corrected chi connectivity index (χ3v) is 6.29. The molecule has 1 aromatic carbocycles. The van der Waals surface area contributed by atoms with Gasteiger partial charge in [0, 0.05) is 30.3 Å². The number of aryl methyl sites for hydroxylation is 1. The highest BCUT2D eigenvalue weighted by atomic mass is 32.1. The van der Waals surface area contributed by atoms with Gasteiger partial charge in [0.05, 0.1) is 12.2 Å². The first-order valence-electron chi connectivity index (χ1n) is 9.58. The molecule has 0 spiro atoms. The number of hydrogen-bond acceptors (Lipinski definition) is 5. The molecule has 1 atom stereocenters. The quantitative estimate of drug-likeness (QED) is 0.513. The van der Waals surface area contributed by atoms with Crippen molar-refractivity contribution in [1.82, 2.24) is 0 Å². The molecule has 1 aromatic heterocycles. The SMILES string of the molecule is CCOC(=O)c1c(NC(=S)Nc2ccc(N(C)C)cc2)sc2c1C(C)CCC2. The zero-order valence-electron chi connectivity index (χ0n) is 16.8. The molecule has 1 unspecified atom stereocenters. The largest absolute Gasteiger partial charge is 0.462 e. The summed E-state index contributed by atoms with van der Waals surface area (Å²) in [6.45, 7) is 4.37. The van der Waals surface area contributed by atoms with Crippen molar-refractivity contribution in [3.63, 3.8) is 0 Å². The third kappa shape index (κ3) is 4.47. The molecule has 0 radical (unpaired) electrons. The molecule has 2 aromatic rings. The van der Waals surface area contributed by atoms with Crippen molar-refractivity contribution in [2.75, 3.05) is 36.2 Å². The number of carbonyl (C=O) groups excluding carboxylic acids is 1. The maximum atomic E-state index is 12.7. The van der Waals surface area contributed by atoms with Crippen LogP contribution in [-0.4, -0.2) is 31.8 Å². The van der Waals surface area contributed by atoms with E-state index in [9.17, 15) is 4.79 Å². The molecular weight excluding hydrogens is 390 g/mol. The topological polar surface area (TPSA) is 53.6 Å². The summed E-state index contributed by atoms with van der Waals surface area (Å²) in [4.78, 5) is 16.0. The number of thiophene rings is 1. The molecule has 0 fully saturated rings. The van der Waals surface area contributed by atoms with Gasteiger partial charge in [0.2, 0.25) is 0 Å². The van der Waals surface area contributed by atoms with E-state index in [-0.39, 0.29) is 5.97 Å². The van der Waals surface area contributed by atoms with Crippen LogP contribution in [0.2, 0.25) is 0 Å². The number of anilines is 3. The molecule has 1 aliphatic carbocycles. The first-order valence-corrected chi connectivity index (χ1v) is 10.8. The van der Waals surface area contributed by atoms with Crippen molar-refractivity contribution in [3.8, 4) is 0 Å². The highest BCUT2D eigenvalue weighted by Crippen LogP contribution is 2.43. The van der Waals surface area contributed by atoms with Gasteiger partial charge in [0.1, 0.15) is 5.00 Å². The van der Waals surface area contributed by atoms with Crippen LogP contribution in [0, 0.1) is 0 Å². The van der Waals surface area contributed by atoms with Gasteiger partial charge in [-0.15, -0.1) is 11.3 Å². The molecule has 150 valence electrons. The average molecular weight is 418 g/mol. The Morgan fingerprint density at radius 3 is 2.64 bits per heavy atom. The van der Waals surface area contributed by atoms with Crippen LogP contribution in [0.1, 0.15) is 53.4 Å². The van der Waals surface area contributed by atoms with Crippen molar-refractivity contribution >= 4 is 51.0 Å². The Kier molecular flexibility index (Phi) is 6.57. The Morgan fingerprint density at radius 2 is 2.00 bits per heavy atom. The summed E-state index contributed by atoms with van der Waals surface area (Å²) >= 11 is 7.12. The Morgan fingerprint density at radius 1 is 1.29 bits per heavy atom. The summed E-state index contributed by atoms with van der Waals surface area (Å²) in [6.07, 6.45) is 3.25. The summed E-state index contributed by atoms with van der Waals surface area (Å²) in [5, 5.41) is 7.69. The standard InChI is InChI=1S/C21H27N3O2S2/c1-5-26-20(25)18-17-13(2)7-6-8-16(17)28-19(18)23-21(27)22-14-9-11-15(12-10-14)24(3)4/h9-13H,5-8H2,1-4H3,(H2,22,23,27). The molecule has 0 saturated heterocycles. The van der Waals surface area contributed by atoms with E-state index in [1.807, 2.05) is 50.2 Å². The summed E-state index contributed by atoms with van der Waals surface area (Å²) in [6, 6.07) is 8.02. The highest BCUT2D eigenvalue weighted by molar-refractivity contribution is 7.80. The molecule has 3 rings (SSSR count). The van der Waals surface area contributed by atoms with Gasteiger partial charge in [-0.1, -0.05) is 6.92 Å². The molecule has 1 aliphatic rings. The molecule has 0 saturated carbocycles. The normalized spacial score (nSPS) is 15.5. The van der Waals surface area contributed by atoms with Crippen molar-refractivity contribution in [3.05, 3.63) is 40.3 Å². The van der Waals surface area contributed by atoms with E-state index in [0.29, 0.717) is 23.2 Å². The smallest absolute Gasteiger partial charge is 0.341 e. The molecule has 1 heterocycles. The van der Waals surface area contributed by atoms with Gasteiger partial charge in [0.15, 0.2) is 5.11 Å². The number of benzene rings is 1. The van der Waals surface area contributed by atoms with Crippen LogP contribution in [0.5, 0.6) is 0 Å². The van der Waals surface area contributed by atoms with Crippen LogP contribution in [0.15, 0.2) is 24.3 Å². The van der Waals surface area contributed by atoms with E-state index in [1.165, 1.54) is 4.88 Å². The predicted molar refractivity (Wildman–Crippen MR) is 122 cm³/mol. The minimum Gasteiger partial charge on any atom is -0.462 e.